The van der Waals surface area contributed by atoms with Crippen LogP contribution in [0.2, 0.25) is 0 Å². The number of halogens is 3. The van der Waals surface area contributed by atoms with Gasteiger partial charge >= 0.3 is 12.1 Å². The van der Waals surface area contributed by atoms with E-state index in [0.717, 1.165) is 31.7 Å². The molecule has 0 aromatic heterocycles. The number of esters is 1. The van der Waals surface area contributed by atoms with Crippen molar-refractivity contribution in [2.24, 2.45) is 0 Å². The quantitative estimate of drug-likeness (QED) is 0.416. The summed E-state index contributed by atoms with van der Waals surface area (Å²) in [5, 5.41) is 0. The van der Waals surface area contributed by atoms with Gasteiger partial charge in [0, 0.05) is 13.5 Å². The standard InChI is InChI=1S/C18H25F3O3/c1-15(22)24-17(18(19,20)21)12-8-3-2-4-9-13-23-14-16-10-6-5-7-11-16/h5-7,10-11,17H,2-4,8-9,12-14H2,1H3/t17-/m0/s1. The number of hydrogen-bond acceptors (Lipinski definition) is 3. The number of hydrogen-bond donors (Lipinski definition) is 0. The van der Waals surface area contributed by atoms with Crippen molar-refractivity contribution < 1.29 is 27.4 Å². The SMILES string of the molecule is CC(=O)O[C@@H](CCCCCCCOCc1ccccc1)C(F)(F)F. The highest BCUT2D eigenvalue weighted by Crippen LogP contribution is 2.27. The van der Waals surface area contributed by atoms with Gasteiger partial charge in [-0.25, -0.2) is 0 Å². The summed E-state index contributed by atoms with van der Waals surface area (Å²) in [5.74, 6) is -0.895. The minimum atomic E-state index is -4.49. The van der Waals surface area contributed by atoms with Gasteiger partial charge in [-0.15, -0.1) is 0 Å². The van der Waals surface area contributed by atoms with Crippen LogP contribution in [0.5, 0.6) is 0 Å². The Labute approximate surface area is 141 Å². The summed E-state index contributed by atoms with van der Waals surface area (Å²) in [7, 11) is 0. The average molecular weight is 346 g/mol. The fourth-order valence-electron chi connectivity index (χ4n) is 2.32. The van der Waals surface area contributed by atoms with Crippen molar-refractivity contribution in [2.75, 3.05) is 6.61 Å². The van der Waals surface area contributed by atoms with Crippen LogP contribution in [0.15, 0.2) is 30.3 Å². The zero-order valence-corrected chi connectivity index (χ0v) is 14.0. The normalized spacial score (nSPS) is 12.8. The molecule has 1 aromatic carbocycles. The highest BCUT2D eigenvalue weighted by atomic mass is 19.4. The molecule has 1 rings (SSSR count). The minimum absolute atomic E-state index is 0.173. The van der Waals surface area contributed by atoms with Gasteiger partial charge in [0.05, 0.1) is 6.61 Å². The molecule has 0 N–H and O–H groups in total. The third-order valence-corrected chi connectivity index (χ3v) is 3.54. The molecule has 0 fully saturated rings. The monoisotopic (exact) mass is 346 g/mol. The number of rotatable bonds is 11. The second-order valence-corrected chi connectivity index (χ2v) is 5.73. The van der Waals surface area contributed by atoms with E-state index in [1.165, 1.54) is 0 Å². The van der Waals surface area contributed by atoms with E-state index >= 15 is 0 Å². The van der Waals surface area contributed by atoms with Crippen LogP contribution in [0.3, 0.4) is 0 Å². The molecule has 24 heavy (non-hydrogen) atoms. The number of unbranched alkanes of at least 4 members (excludes halogenated alkanes) is 4. The second-order valence-electron chi connectivity index (χ2n) is 5.73. The first kappa shape index (κ1) is 20.5. The van der Waals surface area contributed by atoms with E-state index in [1.54, 1.807) is 0 Å². The van der Waals surface area contributed by atoms with Crippen LogP contribution in [-0.2, 0) is 20.9 Å². The highest BCUT2D eigenvalue weighted by Gasteiger charge is 2.41. The van der Waals surface area contributed by atoms with Crippen molar-refractivity contribution in [2.45, 2.75) is 64.3 Å². The predicted molar refractivity (Wildman–Crippen MR) is 85.4 cm³/mol. The number of alkyl halides is 3. The Bertz CT molecular complexity index is 460. The van der Waals surface area contributed by atoms with Crippen LogP contribution >= 0.6 is 0 Å². The topological polar surface area (TPSA) is 35.5 Å². The molecular weight excluding hydrogens is 321 g/mol. The first-order valence-corrected chi connectivity index (χ1v) is 8.25. The molecule has 6 heteroatoms. The minimum Gasteiger partial charge on any atom is -0.453 e. The van der Waals surface area contributed by atoms with Crippen LogP contribution in [0.4, 0.5) is 13.2 Å². The molecule has 1 atom stereocenters. The fraction of sp³-hybridized carbons (Fsp3) is 0.611. The Kier molecular flexibility index (Phi) is 9.45. The van der Waals surface area contributed by atoms with Gasteiger partial charge < -0.3 is 9.47 Å². The molecule has 136 valence electrons. The van der Waals surface area contributed by atoms with Gasteiger partial charge in [-0.1, -0.05) is 49.6 Å². The molecule has 0 unspecified atom stereocenters. The predicted octanol–water partition coefficient (Wildman–Crippen LogP) is 5.04. The Morgan fingerprint density at radius 2 is 1.67 bits per heavy atom. The van der Waals surface area contributed by atoms with Crippen LogP contribution < -0.4 is 0 Å². The Morgan fingerprint density at radius 1 is 1.04 bits per heavy atom. The van der Waals surface area contributed by atoms with Crippen LogP contribution in [0.25, 0.3) is 0 Å². The van der Waals surface area contributed by atoms with E-state index in [-0.39, 0.29) is 6.42 Å². The van der Waals surface area contributed by atoms with Gasteiger partial charge in [0.1, 0.15) is 0 Å². The maximum absolute atomic E-state index is 12.6. The van der Waals surface area contributed by atoms with Crippen LogP contribution in [-0.4, -0.2) is 24.9 Å². The molecule has 0 aliphatic rings. The zero-order valence-electron chi connectivity index (χ0n) is 14.0. The van der Waals surface area contributed by atoms with Crippen molar-refractivity contribution in [3.05, 3.63) is 35.9 Å². The molecular formula is C18H25F3O3. The van der Waals surface area contributed by atoms with E-state index in [1.807, 2.05) is 30.3 Å². The van der Waals surface area contributed by atoms with Gasteiger partial charge in [0.15, 0.2) is 6.10 Å². The molecule has 0 heterocycles. The van der Waals surface area contributed by atoms with Crippen molar-refractivity contribution >= 4 is 5.97 Å². The average Bonchev–Trinajstić information content (AvgIpc) is 2.52. The van der Waals surface area contributed by atoms with E-state index < -0.39 is 18.2 Å². The molecule has 0 aliphatic heterocycles. The summed E-state index contributed by atoms with van der Waals surface area (Å²) in [6, 6.07) is 9.88. The van der Waals surface area contributed by atoms with Crippen LogP contribution in [0, 0.1) is 0 Å². The molecule has 1 aromatic rings. The lowest BCUT2D eigenvalue weighted by atomic mass is 10.1. The highest BCUT2D eigenvalue weighted by molar-refractivity contribution is 5.66. The van der Waals surface area contributed by atoms with Gasteiger partial charge in [-0.05, 0) is 24.8 Å². The van der Waals surface area contributed by atoms with Gasteiger partial charge in [0.25, 0.3) is 0 Å². The number of carbonyl (C=O) groups is 1. The first-order valence-electron chi connectivity index (χ1n) is 8.25. The van der Waals surface area contributed by atoms with Crippen molar-refractivity contribution in [1.82, 2.24) is 0 Å². The molecule has 3 nitrogen and oxygen atoms in total. The molecule has 0 saturated carbocycles. The Balaban J connectivity index is 2.02. The van der Waals surface area contributed by atoms with E-state index in [2.05, 4.69) is 4.74 Å². The van der Waals surface area contributed by atoms with Gasteiger partial charge in [-0.3, -0.25) is 4.79 Å². The van der Waals surface area contributed by atoms with Crippen molar-refractivity contribution in [3.8, 4) is 0 Å². The largest absolute Gasteiger partial charge is 0.453 e. The van der Waals surface area contributed by atoms with Crippen molar-refractivity contribution in [3.63, 3.8) is 0 Å². The Hall–Kier alpha value is -1.56. The smallest absolute Gasteiger partial charge is 0.425 e. The third-order valence-electron chi connectivity index (χ3n) is 3.54. The molecule has 0 saturated heterocycles. The summed E-state index contributed by atoms with van der Waals surface area (Å²) in [6.07, 6.45) is -2.92. The second kappa shape index (κ2) is 11.1. The summed E-state index contributed by atoms with van der Waals surface area (Å²) < 4.78 is 47.8. The molecule has 0 aliphatic carbocycles. The third kappa shape index (κ3) is 9.55. The molecule has 0 radical (unpaired) electrons. The molecule has 0 spiro atoms. The number of ether oxygens (including phenoxy) is 2. The fourth-order valence-corrected chi connectivity index (χ4v) is 2.32. The number of benzene rings is 1. The maximum Gasteiger partial charge on any atom is 0.425 e. The summed E-state index contributed by atoms with van der Waals surface area (Å²) in [5.41, 5.74) is 1.13. The summed E-state index contributed by atoms with van der Waals surface area (Å²) >= 11 is 0. The molecule has 0 bridgehead atoms. The van der Waals surface area contributed by atoms with Gasteiger partial charge in [-0.2, -0.15) is 13.2 Å². The van der Waals surface area contributed by atoms with E-state index in [9.17, 15) is 18.0 Å². The van der Waals surface area contributed by atoms with Crippen LogP contribution in [0.1, 0.15) is 51.0 Å². The first-order chi connectivity index (χ1) is 11.4. The molecule has 0 amide bonds. The lowest BCUT2D eigenvalue weighted by molar-refractivity contribution is -0.221. The van der Waals surface area contributed by atoms with E-state index in [0.29, 0.717) is 26.1 Å². The lowest BCUT2D eigenvalue weighted by Crippen LogP contribution is -2.33. The number of carbonyl (C=O) groups excluding carboxylic acids is 1. The summed E-state index contributed by atoms with van der Waals surface area (Å²) in [4.78, 5) is 10.7. The maximum atomic E-state index is 12.6. The summed E-state index contributed by atoms with van der Waals surface area (Å²) in [6.45, 7) is 2.22. The Morgan fingerprint density at radius 3 is 2.29 bits per heavy atom. The van der Waals surface area contributed by atoms with Crippen molar-refractivity contribution in [1.29, 1.82) is 0 Å². The lowest BCUT2D eigenvalue weighted by Gasteiger charge is -2.19. The van der Waals surface area contributed by atoms with Gasteiger partial charge in [0.2, 0.25) is 0 Å². The zero-order chi connectivity index (χ0) is 17.8. The van der Waals surface area contributed by atoms with E-state index in [4.69, 9.17) is 4.74 Å².